The van der Waals surface area contributed by atoms with Crippen LogP contribution in [-0.2, 0) is 4.79 Å². The van der Waals surface area contributed by atoms with Crippen molar-refractivity contribution in [3.63, 3.8) is 0 Å². The van der Waals surface area contributed by atoms with E-state index in [0.717, 1.165) is 0 Å². The largest absolute Gasteiger partial charge is 0.359 e. The number of carbonyl (C=O) groups excluding carboxylic acids is 1. The van der Waals surface area contributed by atoms with Crippen LogP contribution in [0.3, 0.4) is 0 Å². The molecule has 0 saturated heterocycles. The Bertz CT molecular complexity index is 371. The Morgan fingerprint density at radius 2 is 2.14 bits per heavy atom. The van der Waals surface area contributed by atoms with Gasteiger partial charge >= 0.3 is 0 Å². The zero-order valence-corrected chi connectivity index (χ0v) is 8.17. The number of anilines is 1. The Kier molecular flexibility index (Phi) is 3.40. The Morgan fingerprint density at radius 3 is 2.71 bits per heavy atom. The summed E-state index contributed by atoms with van der Waals surface area (Å²) in [5.41, 5.74) is 1.34. The molecular formula is C11H12FNO. The second kappa shape index (κ2) is 4.56. The van der Waals surface area contributed by atoms with E-state index in [2.05, 4.69) is 5.32 Å². The second-order valence-corrected chi connectivity index (χ2v) is 3.07. The number of benzene rings is 1. The van der Waals surface area contributed by atoms with E-state index < -0.39 is 0 Å². The maximum atomic E-state index is 12.8. The normalized spacial score (nSPS) is 11.2. The number of allylic oxidation sites excluding steroid dienone is 2. The lowest BCUT2D eigenvalue weighted by Crippen LogP contribution is -1.98. The first kappa shape index (κ1) is 10.4. The fourth-order valence-electron chi connectivity index (χ4n) is 1.13. The molecule has 0 aliphatic carbocycles. The van der Waals surface area contributed by atoms with Crippen molar-refractivity contribution >= 4 is 11.5 Å². The summed E-state index contributed by atoms with van der Waals surface area (Å²) in [7, 11) is 0. The highest BCUT2D eigenvalue weighted by Gasteiger charge is 1.95. The minimum Gasteiger partial charge on any atom is -0.359 e. The number of halogens is 1. The number of rotatable bonds is 3. The minimum atomic E-state index is -0.300. The number of hydrogen-bond donors (Lipinski definition) is 1. The summed E-state index contributed by atoms with van der Waals surface area (Å²) in [6, 6.07) is 6.09. The molecule has 2 nitrogen and oxygen atoms in total. The molecule has 0 heterocycles. The summed E-state index contributed by atoms with van der Waals surface area (Å²) in [5, 5.41) is 2.91. The van der Waals surface area contributed by atoms with Crippen molar-refractivity contribution < 1.29 is 9.18 Å². The predicted molar refractivity (Wildman–Crippen MR) is 54.5 cm³/mol. The highest BCUT2D eigenvalue weighted by atomic mass is 19.1. The summed E-state index contributed by atoms with van der Waals surface area (Å²) in [6.07, 6.45) is 1.46. The average molecular weight is 193 g/mol. The number of nitrogens with one attached hydrogen (secondary N) is 1. The molecule has 74 valence electrons. The topological polar surface area (TPSA) is 29.1 Å². The monoisotopic (exact) mass is 193 g/mol. The molecule has 1 rings (SSSR count). The molecule has 0 unspecified atom stereocenters. The van der Waals surface area contributed by atoms with Gasteiger partial charge in [-0.1, -0.05) is 6.07 Å². The number of ketones is 1. The van der Waals surface area contributed by atoms with Crippen LogP contribution >= 0.6 is 0 Å². The van der Waals surface area contributed by atoms with Gasteiger partial charge in [-0.2, -0.15) is 0 Å². The Labute approximate surface area is 82.4 Å². The van der Waals surface area contributed by atoms with Crippen molar-refractivity contribution in [2.24, 2.45) is 0 Å². The molecule has 0 radical (unpaired) electrons. The molecular weight excluding hydrogens is 181 g/mol. The van der Waals surface area contributed by atoms with Gasteiger partial charge in [0.05, 0.1) is 0 Å². The van der Waals surface area contributed by atoms with Gasteiger partial charge in [-0.15, -0.1) is 0 Å². The first-order chi connectivity index (χ1) is 6.58. The third-order valence-corrected chi connectivity index (χ3v) is 1.59. The van der Waals surface area contributed by atoms with E-state index in [-0.39, 0.29) is 11.6 Å². The molecule has 0 bridgehead atoms. The molecule has 0 aliphatic rings. The molecule has 0 saturated carbocycles. The number of hydrogen-bond acceptors (Lipinski definition) is 2. The van der Waals surface area contributed by atoms with Crippen molar-refractivity contribution in [3.8, 4) is 0 Å². The molecule has 0 amide bonds. The third kappa shape index (κ3) is 3.39. The highest BCUT2D eigenvalue weighted by molar-refractivity contribution is 5.88. The SMILES string of the molecule is CC(=O)/C=C(/C)Nc1cccc(F)c1. The molecule has 3 heteroatoms. The quantitative estimate of drug-likeness (QED) is 0.748. The van der Waals surface area contributed by atoms with Crippen molar-refractivity contribution in [3.05, 3.63) is 41.9 Å². The van der Waals surface area contributed by atoms with E-state index >= 15 is 0 Å². The van der Waals surface area contributed by atoms with Crippen molar-refractivity contribution in [2.45, 2.75) is 13.8 Å². The van der Waals surface area contributed by atoms with Crippen molar-refractivity contribution in [1.82, 2.24) is 0 Å². The van der Waals surface area contributed by atoms with E-state index in [1.54, 1.807) is 19.1 Å². The molecule has 14 heavy (non-hydrogen) atoms. The van der Waals surface area contributed by atoms with Gasteiger partial charge in [0, 0.05) is 11.4 Å². The molecule has 1 N–H and O–H groups in total. The summed E-state index contributed by atoms with van der Waals surface area (Å²) < 4.78 is 12.8. The van der Waals surface area contributed by atoms with Gasteiger partial charge in [0.15, 0.2) is 5.78 Å². The zero-order valence-electron chi connectivity index (χ0n) is 8.17. The predicted octanol–water partition coefficient (Wildman–Crippen LogP) is 2.73. The molecule has 0 spiro atoms. The van der Waals surface area contributed by atoms with Crippen LogP contribution in [0.4, 0.5) is 10.1 Å². The molecule has 1 aromatic rings. The first-order valence-electron chi connectivity index (χ1n) is 4.29. The lowest BCUT2D eigenvalue weighted by Gasteiger charge is -2.05. The molecule has 0 aliphatic heterocycles. The van der Waals surface area contributed by atoms with Gasteiger partial charge in [-0.05, 0) is 38.1 Å². The summed E-state index contributed by atoms with van der Waals surface area (Å²) in [4.78, 5) is 10.7. The third-order valence-electron chi connectivity index (χ3n) is 1.59. The highest BCUT2D eigenvalue weighted by Crippen LogP contribution is 2.11. The van der Waals surface area contributed by atoms with Gasteiger partial charge in [-0.3, -0.25) is 4.79 Å². The Hall–Kier alpha value is -1.64. The summed E-state index contributed by atoms with van der Waals surface area (Å²) in [5.74, 6) is -0.336. The van der Waals surface area contributed by atoms with Gasteiger partial charge in [0.1, 0.15) is 5.82 Å². The van der Waals surface area contributed by atoms with Gasteiger partial charge in [0.25, 0.3) is 0 Å². The fourth-order valence-corrected chi connectivity index (χ4v) is 1.13. The summed E-state index contributed by atoms with van der Waals surface area (Å²) >= 11 is 0. The number of carbonyl (C=O) groups is 1. The minimum absolute atomic E-state index is 0.0357. The second-order valence-electron chi connectivity index (χ2n) is 3.07. The lowest BCUT2D eigenvalue weighted by atomic mass is 10.3. The van der Waals surface area contributed by atoms with Crippen LogP contribution in [0.15, 0.2) is 36.0 Å². The Balaban J connectivity index is 2.74. The summed E-state index contributed by atoms with van der Waals surface area (Å²) in [6.45, 7) is 3.23. The van der Waals surface area contributed by atoms with Crippen LogP contribution in [0, 0.1) is 5.82 Å². The molecule has 0 fully saturated rings. The molecule has 0 aromatic heterocycles. The van der Waals surface area contributed by atoms with Crippen LogP contribution in [0.1, 0.15) is 13.8 Å². The molecule has 1 aromatic carbocycles. The smallest absolute Gasteiger partial charge is 0.154 e. The average Bonchev–Trinajstić information content (AvgIpc) is 2.01. The van der Waals surface area contributed by atoms with Crippen LogP contribution in [0.25, 0.3) is 0 Å². The standard InChI is InChI=1S/C11H12FNO/c1-8(6-9(2)14)13-11-5-3-4-10(12)7-11/h3-7,13H,1-2H3/b8-6-. The van der Waals surface area contributed by atoms with Crippen LogP contribution in [-0.4, -0.2) is 5.78 Å². The van der Waals surface area contributed by atoms with Gasteiger partial charge < -0.3 is 5.32 Å². The van der Waals surface area contributed by atoms with E-state index in [9.17, 15) is 9.18 Å². The Morgan fingerprint density at radius 1 is 1.43 bits per heavy atom. The maximum Gasteiger partial charge on any atom is 0.154 e. The first-order valence-corrected chi connectivity index (χ1v) is 4.29. The van der Waals surface area contributed by atoms with Crippen LogP contribution < -0.4 is 5.32 Å². The van der Waals surface area contributed by atoms with Crippen molar-refractivity contribution in [1.29, 1.82) is 0 Å². The van der Waals surface area contributed by atoms with Gasteiger partial charge in [0.2, 0.25) is 0 Å². The van der Waals surface area contributed by atoms with Gasteiger partial charge in [-0.25, -0.2) is 4.39 Å². The molecule has 0 atom stereocenters. The van der Waals surface area contributed by atoms with E-state index in [1.807, 2.05) is 0 Å². The zero-order chi connectivity index (χ0) is 10.6. The van der Waals surface area contributed by atoms with E-state index in [1.165, 1.54) is 25.1 Å². The lowest BCUT2D eigenvalue weighted by molar-refractivity contribution is -0.112. The van der Waals surface area contributed by atoms with Crippen LogP contribution in [0.5, 0.6) is 0 Å². The van der Waals surface area contributed by atoms with E-state index in [4.69, 9.17) is 0 Å². The van der Waals surface area contributed by atoms with Crippen LogP contribution in [0.2, 0.25) is 0 Å². The fraction of sp³-hybridized carbons (Fsp3) is 0.182. The van der Waals surface area contributed by atoms with Crippen molar-refractivity contribution in [2.75, 3.05) is 5.32 Å². The maximum absolute atomic E-state index is 12.8. The van der Waals surface area contributed by atoms with E-state index in [0.29, 0.717) is 11.4 Å².